The Morgan fingerprint density at radius 3 is 3.04 bits per heavy atom. The Morgan fingerprint density at radius 2 is 2.32 bits per heavy atom. The minimum atomic E-state index is -1.14. The van der Waals surface area contributed by atoms with Crippen molar-refractivity contribution in [2.24, 2.45) is 0 Å². The van der Waals surface area contributed by atoms with Crippen LogP contribution in [0.2, 0.25) is 0 Å². The van der Waals surface area contributed by atoms with Crippen molar-refractivity contribution in [1.29, 1.82) is 0 Å². The topological polar surface area (TPSA) is 148 Å². The fourth-order valence-electron chi connectivity index (χ4n) is 2.79. The second-order valence-corrected chi connectivity index (χ2v) is 6.90. The molecule has 0 aliphatic carbocycles. The van der Waals surface area contributed by atoms with Crippen molar-refractivity contribution in [1.82, 2.24) is 35.8 Å². The highest BCUT2D eigenvalue weighted by Gasteiger charge is 2.31. The van der Waals surface area contributed by atoms with Crippen molar-refractivity contribution in [2.75, 3.05) is 6.54 Å². The number of carbonyl (C=O) groups excluding carboxylic acids is 1. The van der Waals surface area contributed by atoms with Gasteiger partial charge in [-0.05, 0) is 17.9 Å². The van der Waals surface area contributed by atoms with Gasteiger partial charge in [0.25, 0.3) is 5.89 Å². The number of carboxylic acids is 1. The third-order valence-electron chi connectivity index (χ3n) is 4.15. The van der Waals surface area contributed by atoms with Crippen molar-refractivity contribution in [3.63, 3.8) is 0 Å². The summed E-state index contributed by atoms with van der Waals surface area (Å²) in [6.07, 6.45) is 1.83. The Balaban J connectivity index is 0.00000225. The monoisotopic (exact) mass is 425 g/mol. The Hall–Kier alpha value is -2.83. The van der Waals surface area contributed by atoms with E-state index in [9.17, 15) is 9.59 Å². The Bertz CT molecular complexity index is 957. The van der Waals surface area contributed by atoms with E-state index in [1.54, 1.807) is 0 Å². The third-order valence-corrected chi connectivity index (χ3v) is 5.01. The molecule has 0 bridgehead atoms. The molecule has 148 valence electrons. The summed E-state index contributed by atoms with van der Waals surface area (Å²) in [5.41, 5.74) is -0.124. The van der Waals surface area contributed by atoms with Gasteiger partial charge in [0.15, 0.2) is 11.5 Å². The summed E-state index contributed by atoms with van der Waals surface area (Å²) in [6.45, 7) is 0.647. The number of aromatic nitrogens is 5. The van der Waals surface area contributed by atoms with E-state index in [0.717, 1.165) is 4.88 Å². The van der Waals surface area contributed by atoms with Crippen LogP contribution < -0.4 is 10.6 Å². The normalized spacial score (nSPS) is 18.6. The number of thiophene rings is 1. The zero-order chi connectivity index (χ0) is 18.8. The highest BCUT2D eigenvalue weighted by atomic mass is 35.5. The van der Waals surface area contributed by atoms with E-state index in [4.69, 9.17) is 9.63 Å². The van der Waals surface area contributed by atoms with Crippen LogP contribution in [0.3, 0.4) is 0 Å². The summed E-state index contributed by atoms with van der Waals surface area (Å²) >= 11 is 1.49. The van der Waals surface area contributed by atoms with E-state index in [2.05, 4.69) is 31.1 Å². The van der Waals surface area contributed by atoms with Crippen molar-refractivity contribution in [3.8, 4) is 10.8 Å². The zero-order valence-electron chi connectivity index (χ0n) is 14.3. The van der Waals surface area contributed by atoms with Crippen LogP contribution in [0.1, 0.15) is 28.8 Å². The SMILES string of the molecule is Cl.O=C(O)c1cn([C@H]2CN[C@H](C(=O)NCc3noc(-c4cccs4)n3)C2)nn1. The lowest BCUT2D eigenvalue weighted by Gasteiger charge is -2.10. The molecule has 0 unspecified atom stereocenters. The first kappa shape index (κ1) is 19.9. The van der Waals surface area contributed by atoms with Gasteiger partial charge in [0.2, 0.25) is 5.91 Å². The summed E-state index contributed by atoms with van der Waals surface area (Å²) in [5.74, 6) is -0.514. The average molecular weight is 426 g/mol. The fourth-order valence-corrected chi connectivity index (χ4v) is 3.43. The molecule has 3 N–H and O–H groups in total. The predicted molar refractivity (Wildman–Crippen MR) is 99.1 cm³/mol. The Kier molecular flexibility index (Phi) is 6.02. The van der Waals surface area contributed by atoms with Crippen molar-refractivity contribution in [3.05, 3.63) is 35.2 Å². The van der Waals surface area contributed by atoms with Crippen LogP contribution in [0, 0.1) is 0 Å². The molecule has 3 aromatic rings. The average Bonchev–Trinajstić information content (AvgIpc) is 3.46. The molecule has 2 atom stereocenters. The predicted octanol–water partition coefficient (Wildman–Crippen LogP) is 0.729. The lowest BCUT2D eigenvalue weighted by molar-refractivity contribution is -0.123. The maximum atomic E-state index is 12.3. The highest BCUT2D eigenvalue weighted by Crippen LogP contribution is 2.22. The largest absolute Gasteiger partial charge is 0.476 e. The molecule has 4 heterocycles. The van der Waals surface area contributed by atoms with Gasteiger partial charge in [-0.1, -0.05) is 16.4 Å². The molecule has 11 nitrogen and oxygen atoms in total. The molecular formula is C15H16ClN7O4S. The zero-order valence-corrected chi connectivity index (χ0v) is 15.9. The Labute approximate surface area is 168 Å². The van der Waals surface area contributed by atoms with Crippen LogP contribution in [0.15, 0.2) is 28.2 Å². The molecule has 1 saturated heterocycles. The van der Waals surface area contributed by atoms with Crippen LogP contribution >= 0.6 is 23.7 Å². The third kappa shape index (κ3) is 4.18. The van der Waals surface area contributed by atoms with Crippen molar-refractivity contribution >= 4 is 35.6 Å². The number of nitrogens with one attached hydrogen (secondary N) is 2. The maximum absolute atomic E-state index is 12.3. The smallest absolute Gasteiger partial charge is 0.358 e. The maximum Gasteiger partial charge on any atom is 0.358 e. The van der Waals surface area contributed by atoms with Gasteiger partial charge in [0.05, 0.1) is 29.7 Å². The molecule has 13 heteroatoms. The van der Waals surface area contributed by atoms with Gasteiger partial charge in [0.1, 0.15) is 0 Å². The van der Waals surface area contributed by atoms with E-state index >= 15 is 0 Å². The van der Waals surface area contributed by atoms with E-state index in [1.807, 2.05) is 17.5 Å². The van der Waals surface area contributed by atoms with Gasteiger partial charge >= 0.3 is 5.97 Å². The molecule has 0 spiro atoms. The first-order valence-electron chi connectivity index (χ1n) is 8.13. The van der Waals surface area contributed by atoms with Crippen molar-refractivity contribution < 1.29 is 19.2 Å². The number of amides is 1. The number of halogens is 1. The van der Waals surface area contributed by atoms with Crippen LogP contribution in [0.4, 0.5) is 0 Å². The number of carbonyl (C=O) groups is 2. The Morgan fingerprint density at radius 1 is 1.46 bits per heavy atom. The molecule has 1 fully saturated rings. The molecule has 1 aliphatic heterocycles. The lowest BCUT2D eigenvalue weighted by atomic mass is 10.1. The van der Waals surface area contributed by atoms with E-state index < -0.39 is 12.0 Å². The molecule has 0 aromatic carbocycles. The van der Waals surface area contributed by atoms with Crippen LogP contribution in [0.25, 0.3) is 10.8 Å². The van der Waals surface area contributed by atoms with Gasteiger partial charge in [-0.15, -0.1) is 28.8 Å². The first-order valence-corrected chi connectivity index (χ1v) is 9.01. The molecule has 0 radical (unpaired) electrons. The molecule has 3 aromatic heterocycles. The minimum Gasteiger partial charge on any atom is -0.476 e. The van der Waals surface area contributed by atoms with Gasteiger partial charge in [-0.3, -0.25) is 4.79 Å². The van der Waals surface area contributed by atoms with Crippen LogP contribution in [0.5, 0.6) is 0 Å². The first-order chi connectivity index (χ1) is 13.1. The summed E-state index contributed by atoms with van der Waals surface area (Å²) in [7, 11) is 0. The van der Waals surface area contributed by atoms with Gasteiger partial charge in [0, 0.05) is 6.54 Å². The van der Waals surface area contributed by atoms with Crippen molar-refractivity contribution in [2.45, 2.75) is 25.0 Å². The molecular weight excluding hydrogens is 410 g/mol. The molecule has 1 aliphatic rings. The van der Waals surface area contributed by atoms with Crippen LogP contribution in [-0.4, -0.2) is 54.7 Å². The summed E-state index contributed by atoms with van der Waals surface area (Å²) in [4.78, 5) is 28.4. The standard InChI is InChI=1S/C15H15N7O4S.ClH/c23-13(17-6-12-18-14(26-20-12)11-2-1-3-27-11)9-4-8(5-16-9)22-7-10(15(24)25)19-21-22;/h1-3,7-9,16H,4-6H2,(H,17,23)(H,24,25);1H/t8-,9+;/m1./s1. The van der Waals surface area contributed by atoms with Gasteiger partial charge in [-0.2, -0.15) is 4.98 Å². The number of rotatable bonds is 6. The highest BCUT2D eigenvalue weighted by molar-refractivity contribution is 7.13. The summed E-state index contributed by atoms with van der Waals surface area (Å²) < 4.78 is 6.65. The fraction of sp³-hybridized carbons (Fsp3) is 0.333. The van der Waals surface area contributed by atoms with E-state index in [0.29, 0.717) is 24.7 Å². The summed E-state index contributed by atoms with van der Waals surface area (Å²) in [5, 5.41) is 28.0. The van der Waals surface area contributed by atoms with Crippen LogP contribution in [-0.2, 0) is 11.3 Å². The number of hydrogen-bond donors (Lipinski definition) is 3. The quantitative estimate of drug-likeness (QED) is 0.519. The summed E-state index contributed by atoms with van der Waals surface area (Å²) in [6, 6.07) is 3.21. The molecule has 1 amide bonds. The van der Waals surface area contributed by atoms with E-state index in [-0.39, 0.29) is 36.6 Å². The molecule has 4 rings (SSSR count). The molecule has 28 heavy (non-hydrogen) atoms. The number of carboxylic acid groups (broad SMARTS) is 1. The van der Waals surface area contributed by atoms with Gasteiger partial charge < -0.3 is 20.3 Å². The minimum absolute atomic E-state index is 0. The lowest BCUT2D eigenvalue weighted by Crippen LogP contribution is -2.40. The number of nitrogens with zero attached hydrogens (tertiary/aromatic N) is 5. The second-order valence-electron chi connectivity index (χ2n) is 5.95. The molecule has 0 saturated carbocycles. The van der Waals surface area contributed by atoms with Gasteiger partial charge in [-0.25, -0.2) is 9.48 Å². The second kappa shape index (κ2) is 8.46. The number of aromatic carboxylic acids is 1. The van der Waals surface area contributed by atoms with E-state index in [1.165, 1.54) is 22.2 Å². The number of hydrogen-bond acceptors (Lipinski definition) is 9.